The van der Waals surface area contributed by atoms with Crippen LogP contribution in [0.4, 0.5) is 5.82 Å². The van der Waals surface area contributed by atoms with Gasteiger partial charge in [-0.3, -0.25) is 0 Å². The molecule has 2 aliphatic heterocycles. The van der Waals surface area contributed by atoms with E-state index in [0.717, 1.165) is 25.6 Å². The summed E-state index contributed by atoms with van der Waals surface area (Å²) in [6.45, 7) is 2.28. The summed E-state index contributed by atoms with van der Waals surface area (Å²) in [5.74, 6) is 1.24. The molecule has 4 nitrogen and oxygen atoms in total. The Bertz CT molecular complexity index is 487. The van der Waals surface area contributed by atoms with Crippen molar-refractivity contribution in [3.05, 3.63) is 17.6 Å². The van der Waals surface area contributed by atoms with Crippen LogP contribution >= 0.6 is 0 Å². The molecule has 2 fully saturated rings. The van der Waals surface area contributed by atoms with Gasteiger partial charge in [0.25, 0.3) is 0 Å². The zero-order valence-electron chi connectivity index (χ0n) is 12.1. The zero-order valence-corrected chi connectivity index (χ0v) is 12.1. The highest BCUT2D eigenvalue weighted by Crippen LogP contribution is 2.29. The number of anilines is 1. The third-order valence-electron chi connectivity index (χ3n) is 5.17. The van der Waals surface area contributed by atoms with E-state index < -0.39 is 0 Å². The molecule has 1 N–H and O–H groups in total. The molecule has 3 aliphatic rings. The lowest BCUT2D eigenvalue weighted by atomic mass is 10.1. The molecule has 4 heteroatoms. The van der Waals surface area contributed by atoms with E-state index in [2.05, 4.69) is 20.2 Å². The van der Waals surface area contributed by atoms with Crippen molar-refractivity contribution < 1.29 is 0 Å². The summed E-state index contributed by atoms with van der Waals surface area (Å²) in [7, 11) is 0. The van der Waals surface area contributed by atoms with Gasteiger partial charge in [-0.15, -0.1) is 0 Å². The van der Waals surface area contributed by atoms with E-state index in [1.54, 1.807) is 6.33 Å². The molecule has 108 valence electrons. The first-order chi connectivity index (χ1) is 9.90. The van der Waals surface area contributed by atoms with Crippen LogP contribution in [-0.4, -0.2) is 35.1 Å². The van der Waals surface area contributed by atoms with Crippen molar-refractivity contribution >= 4 is 5.82 Å². The van der Waals surface area contributed by atoms with Gasteiger partial charge in [0, 0.05) is 36.4 Å². The Hall–Kier alpha value is -1.16. The summed E-state index contributed by atoms with van der Waals surface area (Å²) in [4.78, 5) is 11.8. The van der Waals surface area contributed by atoms with Gasteiger partial charge < -0.3 is 10.2 Å². The first-order valence-electron chi connectivity index (χ1n) is 8.24. The number of fused-ring (bicyclic) bond motifs is 3. The fourth-order valence-corrected chi connectivity index (χ4v) is 4.09. The second kappa shape index (κ2) is 5.32. The number of hydrogen-bond donors (Lipinski definition) is 1. The number of hydrogen-bond acceptors (Lipinski definition) is 4. The van der Waals surface area contributed by atoms with Gasteiger partial charge in [0.2, 0.25) is 0 Å². The van der Waals surface area contributed by atoms with E-state index in [1.807, 2.05) is 0 Å². The van der Waals surface area contributed by atoms with Crippen LogP contribution in [0.15, 0.2) is 6.33 Å². The van der Waals surface area contributed by atoms with Crippen LogP contribution in [0.1, 0.15) is 49.8 Å². The molecule has 2 unspecified atom stereocenters. The van der Waals surface area contributed by atoms with E-state index >= 15 is 0 Å². The van der Waals surface area contributed by atoms with E-state index in [0.29, 0.717) is 6.04 Å². The minimum Gasteiger partial charge on any atom is -0.355 e. The number of nitrogens with zero attached hydrogens (tertiary/aromatic N) is 3. The predicted molar refractivity (Wildman–Crippen MR) is 80.1 cm³/mol. The van der Waals surface area contributed by atoms with Gasteiger partial charge >= 0.3 is 0 Å². The number of aryl methyl sites for hydroxylation is 1. The van der Waals surface area contributed by atoms with Crippen LogP contribution in [0.2, 0.25) is 0 Å². The minimum atomic E-state index is 0.666. The van der Waals surface area contributed by atoms with E-state index in [1.165, 1.54) is 62.0 Å². The molecular formula is C16H24N4. The maximum Gasteiger partial charge on any atom is 0.135 e. The molecular weight excluding hydrogens is 248 g/mol. The molecule has 3 heterocycles. The fraction of sp³-hybridized carbons (Fsp3) is 0.750. The smallest absolute Gasteiger partial charge is 0.135 e. The van der Waals surface area contributed by atoms with Crippen LogP contribution in [0.25, 0.3) is 0 Å². The van der Waals surface area contributed by atoms with E-state index in [9.17, 15) is 0 Å². The maximum absolute atomic E-state index is 4.67. The molecule has 0 radical (unpaired) electrons. The summed E-state index contributed by atoms with van der Waals surface area (Å²) in [5.41, 5.74) is 2.76. The lowest BCUT2D eigenvalue weighted by Crippen LogP contribution is -2.36. The summed E-state index contributed by atoms with van der Waals surface area (Å²) in [5, 5.41) is 3.76. The lowest BCUT2D eigenvalue weighted by Gasteiger charge is -2.27. The van der Waals surface area contributed by atoms with Gasteiger partial charge in [0.05, 0.1) is 0 Å². The Morgan fingerprint density at radius 2 is 1.90 bits per heavy atom. The molecule has 0 aromatic carbocycles. The van der Waals surface area contributed by atoms with Gasteiger partial charge in [0.1, 0.15) is 12.1 Å². The summed E-state index contributed by atoms with van der Waals surface area (Å²) in [6.07, 6.45) is 12.0. The van der Waals surface area contributed by atoms with E-state index in [-0.39, 0.29) is 0 Å². The summed E-state index contributed by atoms with van der Waals surface area (Å²) >= 11 is 0. The molecule has 1 aromatic heterocycles. The second-order valence-corrected chi connectivity index (χ2v) is 6.56. The average Bonchev–Trinajstić information content (AvgIpc) is 2.66. The minimum absolute atomic E-state index is 0.666. The monoisotopic (exact) mass is 272 g/mol. The van der Waals surface area contributed by atoms with Gasteiger partial charge in [-0.25, -0.2) is 9.97 Å². The zero-order chi connectivity index (χ0) is 13.4. The van der Waals surface area contributed by atoms with Crippen molar-refractivity contribution in [3.63, 3.8) is 0 Å². The molecule has 0 spiro atoms. The topological polar surface area (TPSA) is 41.1 Å². The highest BCUT2D eigenvalue weighted by molar-refractivity contribution is 5.49. The van der Waals surface area contributed by atoms with E-state index in [4.69, 9.17) is 0 Å². The Morgan fingerprint density at radius 3 is 2.90 bits per heavy atom. The molecule has 2 saturated heterocycles. The second-order valence-electron chi connectivity index (χ2n) is 6.56. The molecule has 2 atom stereocenters. The van der Waals surface area contributed by atoms with Gasteiger partial charge in [-0.1, -0.05) is 6.42 Å². The lowest BCUT2D eigenvalue weighted by molar-refractivity contribution is 0.563. The van der Waals surface area contributed by atoms with Crippen molar-refractivity contribution in [1.29, 1.82) is 0 Å². The number of rotatable bonds is 1. The van der Waals surface area contributed by atoms with Crippen LogP contribution in [-0.2, 0) is 12.8 Å². The van der Waals surface area contributed by atoms with Crippen LogP contribution in [0.3, 0.4) is 0 Å². The van der Waals surface area contributed by atoms with Crippen molar-refractivity contribution in [2.75, 3.05) is 18.0 Å². The van der Waals surface area contributed by atoms with Crippen molar-refractivity contribution in [2.24, 2.45) is 0 Å². The number of aromatic nitrogens is 2. The number of nitrogens with one attached hydrogen (secondary N) is 1. The SMILES string of the molecule is c1nc2c(c(N3CCC4CCC(C3)N4)n1)CCCCC2. The Balaban J connectivity index is 1.64. The van der Waals surface area contributed by atoms with Gasteiger partial charge in [0.15, 0.2) is 0 Å². The summed E-state index contributed by atoms with van der Waals surface area (Å²) in [6, 6.07) is 1.41. The quantitative estimate of drug-likeness (QED) is 0.795. The Morgan fingerprint density at radius 1 is 1.00 bits per heavy atom. The molecule has 0 saturated carbocycles. The van der Waals surface area contributed by atoms with Gasteiger partial charge in [-0.2, -0.15) is 0 Å². The first-order valence-corrected chi connectivity index (χ1v) is 8.24. The van der Waals surface area contributed by atoms with Crippen LogP contribution in [0, 0.1) is 0 Å². The Kier molecular flexibility index (Phi) is 3.34. The van der Waals surface area contributed by atoms with Crippen LogP contribution in [0.5, 0.6) is 0 Å². The average molecular weight is 272 g/mol. The largest absolute Gasteiger partial charge is 0.355 e. The molecule has 1 aromatic rings. The first kappa shape index (κ1) is 12.6. The maximum atomic E-state index is 4.67. The molecule has 1 aliphatic carbocycles. The van der Waals surface area contributed by atoms with Crippen molar-refractivity contribution in [2.45, 2.75) is 63.5 Å². The predicted octanol–water partition coefficient (Wildman–Crippen LogP) is 2.08. The fourth-order valence-electron chi connectivity index (χ4n) is 4.09. The highest BCUT2D eigenvalue weighted by atomic mass is 15.2. The van der Waals surface area contributed by atoms with Crippen molar-refractivity contribution in [1.82, 2.24) is 15.3 Å². The molecule has 0 amide bonds. The van der Waals surface area contributed by atoms with Crippen molar-refractivity contribution in [3.8, 4) is 0 Å². The van der Waals surface area contributed by atoms with Gasteiger partial charge in [-0.05, 0) is 44.9 Å². The standard InChI is InChI=1S/C16H24N4/c1-2-4-14-15(5-3-1)17-11-18-16(14)20-9-8-12-6-7-13(10-20)19-12/h11-13,19H,1-10H2. The van der Waals surface area contributed by atoms with Crippen LogP contribution < -0.4 is 10.2 Å². The normalized spacial score (nSPS) is 29.7. The Labute approximate surface area is 121 Å². The molecule has 4 rings (SSSR count). The highest BCUT2D eigenvalue weighted by Gasteiger charge is 2.31. The molecule has 2 bridgehead atoms. The summed E-state index contributed by atoms with van der Waals surface area (Å²) < 4.78 is 0. The third kappa shape index (κ3) is 2.30. The molecule has 20 heavy (non-hydrogen) atoms. The third-order valence-corrected chi connectivity index (χ3v) is 5.17.